The molecule has 1 aliphatic rings. The van der Waals surface area contributed by atoms with Gasteiger partial charge in [0, 0.05) is 13.1 Å². The molecule has 1 aliphatic heterocycles. The first-order valence-electron chi connectivity index (χ1n) is 6.89. The molecular formula is C16H18N2O3. The van der Waals surface area contributed by atoms with Crippen molar-refractivity contribution >= 4 is 12.0 Å². The quantitative estimate of drug-likeness (QED) is 0.861. The second-order valence-corrected chi connectivity index (χ2v) is 4.88. The second kappa shape index (κ2) is 6.31. The molecule has 5 nitrogen and oxygen atoms in total. The molecule has 1 atom stereocenters. The highest BCUT2D eigenvalue weighted by atomic mass is 16.4. The number of hydrogen-bond acceptors (Lipinski definition) is 2. The highest BCUT2D eigenvalue weighted by Crippen LogP contribution is 2.30. The van der Waals surface area contributed by atoms with Gasteiger partial charge in [0.1, 0.15) is 0 Å². The number of benzene rings is 1. The minimum absolute atomic E-state index is 0.180. The average Bonchev–Trinajstić information content (AvgIpc) is 2.50. The van der Waals surface area contributed by atoms with E-state index >= 15 is 0 Å². The van der Waals surface area contributed by atoms with Crippen molar-refractivity contribution in [2.45, 2.75) is 19.4 Å². The van der Waals surface area contributed by atoms with Crippen molar-refractivity contribution in [3.63, 3.8) is 0 Å². The van der Waals surface area contributed by atoms with E-state index in [1.165, 1.54) is 9.80 Å². The molecule has 2 rings (SSSR count). The van der Waals surface area contributed by atoms with Crippen LogP contribution in [-0.4, -0.2) is 46.5 Å². The van der Waals surface area contributed by atoms with Crippen molar-refractivity contribution in [1.29, 1.82) is 0 Å². The summed E-state index contributed by atoms with van der Waals surface area (Å²) in [6.45, 7) is 2.84. The minimum atomic E-state index is -1.02. The third-order valence-electron chi connectivity index (χ3n) is 3.70. The number of nitrogens with zero attached hydrogens (tertiary/aromatic N) is 2. The number of carbonyl (C=O) groups excluding carboxylic acids is 1. The van der Waals surface area contributed by atoms with Crippen LogP contribution < -0.4 is 0 Å². The first kappa shape index (κ1) is 14.9. The summed E-state index contributed by atoms with van der Waals surface area (Å²) in [7, 11) is 0. The van der Waals surface area contributed by atoms with Crippen LogP contribution in [0.25, 0.3) is 0 Å². The van der Waals surface area contributed by atoms with E-state index in [0.29, 0.717) is 25.1 Å². The number of amides is 2. The monoisotopic (exact) mass is 286 g/mol. The maximum Gasteiger partial charge on any atom is 0.331 e. The molecule has 21 heavy (non-hydrogen) atoms. The van der Waals surface area contributed by atoms with E-state index in [2.05, 4.69) is 5.92 Å². The molecule has 1 N–H and O–H groups in total. The average molecular weight is 286 g/mol. The molecule has 0 saturated heterocycles. The Labute approximate surface area is 124 Å². The Morgan fingerprint density at radius 1 is 1.48 bits per heavy atom. The normalized spacial score (nSPS) is 16.8. The van der Waals surface area contributed by atoms with Crippen LogP contribution in [0.15, 0.2) is 24.3 Å². The van der Waals surface area contributed by atoms with Crippen LogP contribution in [-0.2, 0) is 11.2 Å². The smallest absolute Gasteiger partial charge is 0.331 e. The Balaban J connectivity index is 2.35. The van der Waals surface area contributed by atoms with Gasteiger partial charge in [0.25, 0.3) is 0 Å². The standard InChI is InChI=1S/C16H18N2O3/c1-3-10-17(4-2)16(21)18-11-9-12-7-5-6-8-13(12)14(18)15(19)20/h1,5-8,14H,4,9-11H2,2H3,(H,19,20). The van der Waals surface area contributed by atoms with Gasteiger partial charge in [-0.25, -0.2) is 9.59 Å². The zero-order valence-electron chi connectivity index (χ0n) is 12.0. The van der Waals surface area contributed by atoms with E-state index < -0.39 is 12.0 Å². The van der Waals surface area contributed by atoms with Crippen molar-refractivity contribution in [2.24, 2.45) is 0 Å². The fourth-order valence-corrected chi connectivity index (χ4v) is 2.65. The SMILES string of the molecule is C#CCN(CC)C(=O)N1CCc2ccccc2C1C(=O)O. The van der Waals surface area contributed by atoms with Gasteiger partial charge in [0.15, 0.2) is 6.04 Å². The van der Waals surface area contributed by atoms with Crippen molar-refractivity contribution in [2.75, 3.05) is 19.6 Å². The number of aliphatic carboxylic acids is 1. The van der Waals surface area contributed by atoms with Gasteiger partial charge < -0.3 is 14.9 Å². The van der Waals surface area contributed by atoms with Crippen molar-refractivity contribution in [3.05, 3.63) is 35.4 Å². The fourth-order valence-electron chi connectivity index (χ4n) is 2.65. The lowest BCUT2D eigenvalue weighted by molar-refractivity contribution is -0.143. The molecule has 1 unspecified atom stereocenters. The molecule has 0 saturated carbocycles. The van der Waals surface area contributed by atoms with Crippen LogP contribution in [0.3, 0.4) is 0 Å². The lowest BCUT2D eigenvalue weighted by Gasteiger charge is -2.37. The molecule has 1 heterocycles. The number of carboxylic acid groups (broad SMARTS) is 1. The molecule has 0 spiro atoms. The summed E-state index contributed by atoms with van der Waals surface area (Å²) in [6.07, 6.45) is 5.92. The second-order valence-electron chi connectivity index (χ2n) is 4.88. The Bertz CT molecular complexity index is 591. The number of rotatable bonds is 3. The Hall–Kier alpha value is -2.48. The number of terminal acetylenes is 1. The van der Waals surface area contributed by atoms with Crippen molar-refractivity contribution in [3.8, 4) is 12.3 Å². The van der Waals surface area contributed by atoms with E-state index in [1.54, 1.807) is 12.1 Å². The van der Waals surface area contributed by atoms with Gasteiger partial charge in [-0.05, 0) is 24.5 Å². The van der Waals surface area contributed by atoms with E-state index in [-0.39, 0.29) is 12.6 Å². The summed E-state index contributed by atoms with van der Waals surface area (Å²) in [5.74, 6) is 1.41. The zero-order chi connectivity index (χ0) is 15.4. The van der Waals surface area contributed by atoms with Gasteiger partial charge >= 0.3 is 12.0 Å². The van der Waals surface area contributed by atoms with Crippen LogP contribution in [0.4, 0.5) is 4.79 Å². The maximum absolute atomic E-state index is 12.5. The van der Waals surface area contributed by atoms with Crippen LogP contribution >= 0.6 is 0 Å². The molecule has 0 fully saturated rings. The van der Waals surface area contributed by atoms with E-state index in [4.69, 9.17) is 6.42 Å². The van der Waals surface area contributed by atoms with Crippen molar-refractivity contribution < 1.29 is 14.7 Å². The summed E-state index contributed by atoms with van der Waals surface area (Å²) >= 11 is 0. The lowest BCUT2D eigenvalue weighted by Crippen LogP contribution is -2.49. The molecule has 110 valence electrons. The molecule has 1 aromatic carbocycles. The predicted molar refractivity (Wildman–Crippen MR) is 78.7 cm³/mol. The summed E-state index contributed by atoms with van der Waals surface area (Å²) in [5.41, 5.74) is 1.66. The van der Waals surface area contributed by atoms with Crippen molar-refractivity contribution in [1.82, 2.24) is 9.80 Å². The Kier molecular flexibility index (Phi) is 4.49. The Morgan fingerprint density at radius 2 is 2.19 bits per heavy atom. The van der Waals surface area contributed by atoms with E-state index in [9.17, 15) is 14.7 Å². The molecule has 0 bridgehead atoms. The highest BCUT2D eigenvalue weighted by Gasteiger charge is 2.37. The van der Waals surface area contributed by atoms with Crippen LogP contribution in [0.2, 0.25) is 0 Å². The van der Waals surface area contributed by atoms with Crippen LogP contribution in [0.5, 0.6) is 0 Å². The maximum atomic E-state index is 12.5. The highest BCUT2D eigenvalue weighted by molar-refractivity contribution is 5.85. The number of carboxylic acids is 1. The largest absolute Gasteiger partial charge is 0.479 e. The third-order valence-corrected chi connectivity index (χ3v) is 3.70. The van der Waals surface area contributed by atoms with Gasteiger partial charge in [-0.15, -0.1) is 6.42 Å². The molecule has 2 amide bonds. The molecule has 5 heteroatoms. The minimum Gasteiger partial charge on any atom is -0.479 e. The van der Waals surface area contributed by atoms with Gasteiger partial charge in [-0.3, -0.25) is 0 Å². The predicted octanol–water partition coefficient (Wildman–Crippen LogP) is 1.75. The summed E-state index contributed by atoms with van der Waals surface area (Å²) in [4.78, 5) is 27.1. The van der Waals surface area contributed by atoms with Crippen LogP contribution in [0.1, 0.15) is 24.1 Å². The van der Waals surface area contributed by atoms with Gasteiger partial charge in [0.05, 0.1) is 6.54 Å². The zero-order valence-corrected chi connectivity index (χ0v) is 12.0. The number of urea groups is 1. The lowest BCUT2D eigenvalue weighted by atomic mass is 9.93. The van der Waals surface area contributed by atoms with E-state index in [1.807, 2.05) is 19.1 Å². The van der Waals surface area contributed by atoms with E-state index in [0.717, 1.165) is 5.56 Å². The van der Waals surface area contributed by atoms with Crippen LogP contribution in [0, 0.1) is 12.3 Å². The molecule has 0 aromatic heterocycles. The number of carbonyl (C=O) groups is 2. The topological polar surface area (TPSA) is 60.9 Å². The molecule has 0 radical (unpaired) electrons. The first-order chi connectivity index (χ1) is 10.1. The number of hydrogen-bond donors (Lipinski definition) is 1. The summed E-state index contributed by atoms with van der Waals surface area (Å²) in [5, 5.41) is 9.54. The molecule has 0 aliphatic carbocycles. The summed E-state index contributed by atoms with van der Waals surface area (Å²) < 4.78 is 0. The van der Waals surface area contributed by atoms with Gasteiger partial charge in [-0.1, -0.05) is 30.2 Å². The van der Waals surface area contributed by atoms with Gasteiger partial charge in [0.2, 0.25) is 0 Å². The van der Waals surface area contributed by atoms with Gasteiger partial charge in [-0.2, -0.15) is 0 Å². The first-order valence-corrected chi connectivity index (χ1v) is 6.89. The summed E-state index contributed by atoms with van der Waals surface area (Å²) in [6, 6.07) is 6.08. The number of fused-ring (bicyclic) bond motifs is 1. The Morgan fingerprint density at radius 3 is 2.81 bits per heavy atom. The third kappa shape index (κ3) is 2.84. The molecule has 1 aromatic rings. The fraction of sp³-hybridized carbons (Fsp3) is 0.375. The molecular weight excluding hydrogens is 268 g/mol.